The summed E-state index contributed by atoms with van der Waals surface area (Å²) in [6, 6.07) is 15.6. The van der Waals surface area contributed by atoms with E-state index < -0.39 is 26.5 Å². The molecule has 0 aliphatic rings. The van der Waals surface area contributed by atoms with Crippen LogP contribution in [0.4, 0.5) is 4.39 Å². The molecule has 0 bridgehead atoms. The number of carboxylic acid groups (broad SMARTS) is 1. The van der Waals surface area contributed by atoms with Gasteiger partial charge in [-0.2, -0.15) is 5.10 Å². The molecular weight excluding hydrogens is 458 g/mol. The number of halogens is 1. The lowest BCUT2D eigenvalue weighted by molar-refractivity contribution is -0.138. The number of aliphatic carboxylic acids is 1. The third-order valence-corrected chi connectivity index (χ3v) is 5.99. The van der Waals surface area contributed by atoms with E-state index in [4.69, 9.17) is 14.7 Å². The second-order valence-corrected chi connectivity index (χ2v) is 9.15. The zero-order valence-corrected chi connectivity index (χ0v) is 19.7. The average Bonchev–Trinajstić information content (AvgIpc) is 3.17. The molecule has 0 saturated heterocycles. The minimum absolute atomic E-state index is 0.0509. The van der Waals surface area contributed by atoms with Crippen LogP contribution < -0.4 is 0 Å². The first-order chi connectivity index (χ1) is 16.3. The van der Waals surface area contributed by atoms with Crippen molar-refractivity contribution < 1.29 is 28.5 Å². The van der Waals surface area contributed by atoms with Gasteiger partial charge in [0.25, 0.3) is 0 Å². The smallest absolute Gasteiger partial charge is 0.481 e. The van der Waals surface area contributed by atoms with Crippen LogP contribution in [-0.4, -0.2) is 44.8 Å². The second kappa shape index (κ2) is 11.7. The Morgan fingerprint density at radius 2 is 1.85 bits per heavy atom. The maximum atomic E-state index is 13.5. The third-order valence-electron chi connectivity index (χ3n) is 4.85. The highest BCUT2D eigenvalue weighted by Gasteiger charge is 2.25. The first-order valence-corrected chi connectivity index (χ1v) is 12.0. The number of aromatic nitrogens is 2. The Kier molecular flexibility index (Phi) is 8.67. The van der Waals surface area contributed by atoms with Gasteiger partial charge in [-0.15, -0.1) is 4.52 Å². The number of carbonyl (C=O) groups is 1. The quantitative estimate of drug-likeness (QED) is 0.337. The molecule has 0 aliphatic heterocycles. The lowest BCUT2D eigenvalue weighted by atomic mass is 10.00. The molecule has 1 unspecified atom stereocenters. The first kappa shape index (κ1) is 25.3. The summed E-state index contributed by atoms with van der Waals surface area (Å²) in [6.07, 6.45) is -2.04. The van der Waals surface area contributed by atoms with Gasteiger partial charge in [-0.1, -0.05) is 43.9 Å². The van der Waals surface area contributed by atoms with E-state index in [1.807, 2.05) is 48.9 Å². The molecule has 0 aliphatic carbocycles. The molecule has 2 atom stereocenters. The molecule has 2 aromatic carbocycles. The molecule has 1 aromatic heterocycles. The largest absolute Gasteiger partial charge is 0.511 e. The zero-order valence-electron chi connectivity index (χ0n) is 18.8. The molecule has 176 valence electrons. The van der Waals surface area contributed by atoms with Crippen molar-refractivity contribution in [2.75, 3.05) is 12.8 Å². The molecule has 0 spiro atoms. The van der Waals surface area contributed by atoms with Crippen LogP contribution in [0, 0.1) is 17.7 Å². The molecule has 0 amide bonds. The van der Waals surface area contributed by atoms with Crippen LogP contribution in [-0.2, 0) is 13.9 Å². The van der Waals surface area contributed by atoms with Crippen molar-refractivity contribution in [1.82, 2.24) is 9.78 Å². The van der Waals surface area contributed by atoms with Crippen molar-refractivity contribution in [2.24, 2.45) is 0 Å². The summed E-state index contributed by atoms with van der Waals surface area (Å²) < 4.78 is 32.5. The molecule has 34 heavy (non-hydrogen) atoms. The van der Waals surface area contributed by atoms with Gasteiger partial charge in [0, 0.05) is 5.56 Å². The van der Waals surface area contributed by atoms with Gasteiger partial charge in [-0.05, 0) is 46.9 Å². The fourth-order valence-corrected chi connectivity index (χ4v) is 4.17. The van der Waals surface area contributed by atoms with Crippen molar-refractivity contribution in [3.63, 3.8) is 0 Å². The Morgan fingerprint density at radius 1 is 1.18 bits per heavy atom. The molecule has 2 N–H and O–H groups in total. The normalized spacial score (nSPS) is 12.2. The van der Waals surface area contributed by atoms with E-state index in [9.17, 15) is 18.9 Å². The summed E-state index contributed by atoms with van der Waals surface area (Å²) in [5.41, 5.74) is 3.65. The number of hydrogen-bond acceptors (Lipinski definition) is 5. The van der Waals surface area contributed by atoms with Crippen LogP contribution in [0.25, 0.3) is 16.9 Å². The number of aliphatic hydroxyl groups excluding tert-OH is 1. The maximum absolute atomic E-state index is 13.5. The summed E-state index contributed by atoms with van der Waals surface area (Å²) >= 11 is 0. The number of para-hydroxylation sites is 1. The maximum Gasteiger partial charge on any atom is 0.511 e. The van der Waals surface area contributed by atoms with Gasteiger partial charge in [0.05, 0.1) is 23.4 Å². The van der Waals surface area contributed by atoms with Crippen LogP contribution >= 0.6 is 8.03 Å². The van der Waals surface area contributed by atoms with Crippen LogP contribution in [0.1, 0.15) is 37.4 Å². The van der Waals surface area contributed by atoms with Crippen molar-refractivity contribution >= 4 is 14.0 Å². The van der Waals surface area contributed by atoms with Gasteiger partial charge < -0.3 is 10.2 Å². The van der Waals surface area contributed by atoms with Gasteiger partial charge in [0.1, 0.15) is 17.6 Å². The fraction of sp³-hybridized carbons (Fsp3) is 0.280. The standard InChI is InChI=1S/C25H24FN2O5P/c1-17(2)25-22(9-6-14-33-34(32)16-21(29)15-23(30)31)24(18-10-12-19(26)13-11-18)27-28(25)20-7-4-3-5-8-20/h3-5,7-8,10-13,17,21,29H,14-16H2,1-2H3/p+1/t21-/m0/s1. The predicted octanol–water partition coefficient (Wildman–Crippen LogP) is 4.75. The van der Waals surface area contributed by atoms with E-state index in [2.05, 4.69) is 11.8 Å². The minimum atomic E-state index is -2.27. The predicted molar refractivity (Wildman–Crippen MR) is 127 cm³/mol. The summed E-state index contributed by atoms with van der Waals surface area (Å²) in [6.45, 7) is 3.87. The fourth-order valence-electron chi connectivity index (χ4n) is 3.38. The molecule has 7 nitrogen and oxygen atoms in total. The molecule has 0 radical (unpaired) electrons. The zero-order chi connectivity index (χ0) is 24.7. The SMILES string of the molecule is CC(C)c1c(C#CCO[P+](=O)C[C@@H](O)CC(=O)O)c(-c2ccc(F)cc2)nn1-c1ccccc1. The monoisotopic (exact) mass is 483 g/mol. The summed E-state index contributed by atoms with van der Waals surface area (Å²) in [7, 11) is -2.27. The Balaban J connectivity index is 1.93. The Morgan fingerprint density at radius 3 is 2.47 bits per heavy atom. The van der Waals surface area contributed by atoms with Crippen molar-refractivity contribution in [1.29, 1.82) is 0 Å². The molecule has 0 saturated carbocycles. The van der Waals surface area contributed by atoms with Gasteiger partial charge in [-0.3, -0.25) is 4.79 Å². The van der Waals surface area contributed by atoms with Crippen molar-refractivity contribution in [3.05, 3.63) is 71.7 Å². The molecule has 9 heteroatoms. The average molecular weight is 483 g/mol. The number of aliphatic hydroxyl groups is 1. The second-order valence-electron chi connectivity index (χ2n) is 7.86. The van der Waals surface area contributed by atoms with E-state index >= 15 is 0 Å². The number of nitrogens with zero attached hydrogens (tertiary/aromatic N) is 2. The number of rotatable bonds is 9. The number of carboxylic acids is 1. The van der Waals surface area contributed by atoms with E-state index in [0.717, 1.165) is 11.4 Å². The van der Waals surface area contributed by atoms with Crippen molar-refractivity contribution in [2.45, 2.75) is 32.3 Å². The van der Waals surface area contributed by atoms with Gasteiger partial charge in [-0.25, -0.2) is 9.07 Å². The van der Waals surface area contributed by atoms with E-state index in [1.165, 1.54) is 12.1 Å². The molecular formula is C25H25FN2O5P+. The van der Waals surface area contributed by atoms with E-state index in [0.29, 0.717) is 16.8 Å². The molecule has 1 heterocycles. The van der Waals surface area contributed by atoms with Crippen LogP contribution in [0.3, 0.4) is 0 Å². The highest BCUT2D eigenvalue weighted by atomic mass is 31.1. The number of hydrogen-bond donors (Lipinski definition) is 2. The highest BCUT2D eigenvalue weighted by Crippen LogP contribution is 2.31. The first-order valence-electron chi connectivity index (χ1n) is 10.7. The highest BCUT2D eigenvalue weighted by molar-refractivity contribution is 7.39. The Hall–Kier alpha value is -3.37. The Labute approximate surface area is 198 Å². The third kappa shape index (κ3) is 6.58. The van der Waals surface area contributed by atoms with Crippen LogP contribution in [0.15, 0.2) is 54.6 Å². The minimum Gasteiger partial charge on any atom is -0.481 e. The van der Waals surface area contributed by atoms with Gasteiger partial charge in [0.15, 0.2) is 6.61 Å². The van der Waals surface area contributed by atoms with Gasteiger partial charge in [0.2, 0.25) is 6.16 Å². The van der Waals surface area contributed by atoms with E-state index in [1.54, 1.807) is 12.1 Å². The topological polar surface area (TPSA) is 102 Å². The summed E-state index contributed by atoms with van der Waals surface area (Å²) in [5, 5.41) is 23.1. The molecule has 3 rings (SSSR count). The summed E-state index contributed by atoms with van der Waals surface area (Å²) in [4.78, 5) is 10.6. The summed E-state index contributed by atoms with van der Waals surface area (Å²) in [5.74, 6) is 4.43. The van der Waals surface area contributed by atoms with Crippen LogP contribution in [0.5, 0.6) is 0 Å². The van der Waals surface area contributed by atoms with E-state index in [-0.39, 0.29) is 24.5 Å². The van der Waals surface area contributed by atoms with Crippen LogP contribution in [0.2, 0.25) is 0 Å². The molecule has 0 fully saturated rings. The Bertz CT molecular complexity index is 1210. The number of benzene rings is 2. The molecule has 3 aromatic rings. The van der Waals surface area contributed by atoms with Gasteiger partial charge >= 0.3 is 14.0 Å². The lowest BCUT2D eigenvalue weighted by Gasteiger charge is -2.10. The van der Waals surface area contributed by atoms with Crippen molar-refractivity contribution in [3.8, 4) is 28.8 Å². The lowest BCUT2D eigenvalue weighted by Crippen LogP contribution is -2.15.